The molecular weight excluding hydrogens is 240 g/mol. The van der Waals surface area contributed by atoms with Crippen LogP contribution >= 0.6 is 0 Å². The molecule has 1 aliphatic rings. The normalized spacial score (nSPS) is 22.6. The van der Waals surface area contributed by atoms with E-state index in [0.29, 0.717) is 5.88 Å². The van der Waals surface area contributed by atoms with E-state index in [9.17, 15) is 0 Å². The van der Waals surface area contributed by atoms with Crippen LogP contribution in [-0.4, -0.2) is 24.2 Å². The molecule has 0 radical (unpaired) electrons. The fraction of sp³-hybridized carbons (Fsp3) is 0.400. The quantitative estimate of drug-likeness (QED) is 0.919. The highest BCUT2D eigenvalue weighted by Crippen LogP contribution is 2.29. The molecule has 1 aromatic heterocycles. The lowest BCUT2D eigenvalue weighted by Crippen LogP contribution is -2.33. The van der Waals surface area contributed by atoms with Gasteiger partial charge in [-0.25, -0.2) is 4.98 Å². The van der Waals surface area contributed by atoms with Gasteiger partial charge in [-0.1, -0.05) is 0 Å². The third-order valence-corrected chi connectivity index (χ3v) is 3.70. The molecule has 1 heterocycles. The Labute approximate surface area is 112 Å². The summed E-state index contributed by atoms with van der Waals surface area (Å²) in [6, 6.07) is 7.97. The Hall–Kier alpha value is -1.81. The summed E-state index contributed by atoms with van der Waals surface area (Å²) in [5.41, 5.74) is 6.04. The second kappa shape index (κ2) is 5.05. The average molecular weight is 258 g/mol. The van der Waals surface area contributed by atoms with Crippen molar-refractivity contribution in [2.24, 2.45) is 5.73 Å². The van der Waals surface area contributed by atoms with E-state index in [4.69, 9.17) is 15.2 Å². The molecule has 4 nitrogen and oxygen atoms in total. The first-order valence-electron chi connectivity index (χ1n) is 6.63. The molecule has 2 unspecified atom stereocenters. The highest BCUT2D eigenvalue weighted by molar-refractivity contribution is 5.87. The zero-order valence-corrected chi connectivity index (χ0v) is 11.0. The molecule has 0 bridgehead atoms. The first-order valence-corrected chi connectivity index (χ1v) is 6.63. The van der Waals surface area contributed by atoms with Crippen LogP contribution in [0.5, 0.6) is 11.6 Å². The van der Waals surface area contributed by atoms with Gasteiger partial charge in [0, 0.05) is 17.6 Å². The zero-order chi connectivity index (χ0) is 13.2. The minimum Gasteiger partial charge on any atom is -0.497 e. The molecule has 0 amide bonds. The molecule has 1 fully saturated rings. The Morgan fingerprint density at radius 2 is 2.16 bits per heavy atom. The number of fused-ring (bicyclic) bond motifs is 1. The molecule has 0 spiro atoms. The van der Waals surface area contributed by atoms with E-state index < -0.39 is 0 Å². The number of pyridine rings is 1. The van der Waals surface area contributed by atoms with Crippen molar-refractivity contribution in [3.8, 4) is 11.6 Å². The zero-order valence-electron chi connectivity index (χ0n) is 11.0. The molecule has 19 heavy (non-hydrogen) atoms. The molecule has 3 rings (SSSR count). The van der Waals surface area contributed by atoms with E-state index in [1.807, 2.05) is 24.3 Å². The maximum Gasteiger partial charge on any atom is 0.221 e. The Morgan fingerprint density at radius 1 is 1.26 bits per heavy atom. The summed E-state index contributed by atoms with van der Waals surface area (Å²) in [6.45, 7) is 0. The Balaban J connectivity index is 1.94. The van der Waals surface area contributed by atoms with Gasteiger partial charge < -0.3 is 15.2 Å². The smallest absolute Gasteiger partial charge is 0.221 e. The van der Waals surface area contributed by atoms with E-state index in [1.54, 1.807) is 13.3 Å². The second-order valence-corrected chi connectivity index (χ2v) is 4.95. The monoisotopic (exact) mass is 258 g/mol. The van der Waals surface area contributed by atoms with E-state index in [2.05, 4.69) is 4.98 Å². The second-order valence-electron chi connectivity index (χ2n) is 4.95. The van der Waals surface area contributed by atoms with Gasteiger partial charge in [-0.3, -0.25) is 0 Å². The molecular formula is C15H18N2O2. The standard InChI is InChI=1S/C15H18N2O2/c1-18-11-5-6-12-10(9-11)7-8-17-15(12)19-14-4-2-3-13(14)16/h5-9,13-14H,2-4,16H2,1H3. The molecule has 100 valence electrons. The molecule has 0 aliphatic heterocycles. The number of methoxy groups -OCH3 is 1. The van der Waals surface area contributed by atoms with Gasteiger partial charge in [0.05, 0.1) is 7.11 Å². The Bertz CT molecular complexity index is 585. The Morgan fingerprint density at radius 3 is 2.89 bits per heavy atom. The minimum atomic E-state index is 0.0835. The van der Waals surface area contributed by atoms with E-state index >= 15 is 0 Å². The van der Waals surface area contributed by atoms with Gasteiger partial charge in [-0.15, -0.1) is 0 Å². The summed E-state index contributed by atoms with van der Waals surface area (Å²) in [6.07, 6.45) is 5.01. The molecule has 1 saturated carbocycles. The summed E-state index contributed by atoms with van der Waals surface area (Å²) in [5.74, 6) is 1.50. The van der Waals surface area contributed by atoms with Crippen LogP contribution < -0.4 is 15.2 Å². The van der Waals surface area contributed by atoms with Gasteiger partial charge in [0.15, 0.2) is 0 Å². The Kier molecular flexibility index (Phi) is 3.25. The number of hydrogen-bond acceptors (Lipinski definition) is 4. The largest absolute Gasteiger partial charge is 0.497 e. The van der Waals surface area contributed by atoms with E-state index in [1.165, 1.54) is 0 Å². The first kappa shape index (κ1) is 12.2. The molecule has 2 N–H and O–H groups in total. The van der Waals surface area contributed by atoms with Crippen LogP contribution in [-0.2, 0) is 0 Å². The van der Waals surface area contributed by atoms with Crippen LogP contribution in [0.25, 0.3) is 10.8 Å². The van der Waals surface area contributed by atoms with Crippen molar-refractivity contribution in [2.45, 2.75) is 31.4 Å². The van der Waals surface area contributed by atoms with Crippen molar-refractivity contribution >= 4 is 10.8 Å². The van der Waals surface area contributed by atoms with Crippen LogP contribution in [0.3, 0.4) is 0 Å². The minimum absolute atomic E-state index is 0.0835. The number of nitrogens with two attached hydrogens (primary N) is 1. The fourth-order valence-electron chi connectivity index (χ4n) is 2.59. The van der Waals surface area contributed by atoms with Crippen molar-refractivity contribution in [1.82, 2.24) is 4.98 Å². The molecule has 2 atom stereocenters. The number of rotatable bonds is 3. The summed E-state index contributed by atoms with van der Waals surface area (Å²) in [4.78, 5) is 4.34. The van der Waals surface area contributed by atoms with Crippen LogP contribution in [0.2, 0.25) is 0 Å². The van der Waals surface area contributed by atoms with Gasteiger partial charge >= 0.3 is 0 Å². The summed E-state index contributed by atoms with van der Waals surface area (Å²) >= 11 is 0. The van der Waals surface area contributed by atoms with Crippen molar-refractivity contribution in [3.63, 3.8) is 0 Å². The van der Waals surface area contributed by atoms with Crippen molar-refractivity contribution in [1.29, 1.82) is 0 Å². The number of hydrogen-bond donors (Lipinski definition) is 1. The third kappa shape index (κ3) is 2.36. The van der Waals surface area contributed by atoms with Gasteiger partial charge in [-0.2, -0.15) is 0 Å². The predicted molar refractivity (Wildman–Crippen MR) is 74.5 cm³/mol. The van der Waals surface area contributed by atoms with Crippen LogP contribution in [0.1, 0.15) is 19.3 Å². The lowest BCUT2D eigenvalue weighted by atomic mass is 10.1. The summed E-state index contributed by atoms with van der Waals surface area (Å²) in [7, 11) is 1.66. The van der Waals surface area contributed by atoms with Gasteiger partial charge in [-0.05, 0) is 48.9 Å². The number of aromatic nitrogens is 1. The van der Waals surface area contributed by atoms with Crippen LogP contribution in [0.4, 0.5) is 0 Å². The van der Waals surface area contributed by atoms with Crippen molar-refractivity contribution < 1.29 is 9.47 Å². The van der Waals surface area contributed by atoms with Crippen LogP contribution in [0, 0.1) is 0 Å². The van der Waals surface area contributed by atoms with Gasteiger partial charge in [0.1, 0.15) is 11.9 Å². The van der Waals surface area contributed by atoms with Crippen LogP contribution in [0.15, 0.2) is 30.5 Å². The molecule has 4 heteroatoms. The van der Waals surface area contributed by atoms with Crippen molar-refractivity contribution in [3.05, 3.63) is 30.5 Å². The first-order chi connectivity index (χ1) is 9.28. The average Bonchev–Trinajstić information content (AvgIpc) is 2.84. The van der Waals surface area contributed by atoms with Crippen molar-refractivity contribution in [2.75, 3.05) is 7.11 Å². The lowest BCUT2D eigenvalue weighted by molar-refractivity contribution is 0.186. The topological polar surface area (TPSA) is 57.4 Å². The predicted octanol–water partition coefficient (Wildman–Crippen LogP) is 2.50. The third-order valence-electron chi connectivity index (χ3n) is 3.70. The fourth-order valence-corrected chi connectivity index (χ4v) is 2.59. The van der Waals surface area contributed by atoms with Gasteiger partial charge in [0.2, 0.25) is 5.88 Å². The lowest BCUT2D eigenvalue weighted by Gasteiger charge is -2.18. The number of benzene rings is 1. The summed E-state index contributed by atoms with van der Waals surface area (Å²) in [5, 5.41) is 2.07. The van der Waals surface area contributed by atoms with Gasteiger partial charge in [0.25, 0.3) is 0 Å². The molecule has 1 aromatic carbocycles. The summed E-state index contributed by atoms with van der Waals surface area (Å²) < 4.78 is 11.2. The molecule has 2 aromatic rings. The SMILES string of the molecule is COc1ccc2c(OC3CCCC3N)nccc2c1. The molecule has 1 aliphatic carbocycles. The van der Waals surface area contributed by atoms with E-state index in [-0.39, 0.29) is 12.1 Å². The number of ether oxygens (including phenoxy) is 2. The highest BCUT2D eigenvalue weighted by Gasteiger charge is 2.26. The molecule has 0 saturated heterocycles. The highest BCUT2D eigenvalue weighted by atomic mass is 16.5. The number of nitrogens with zero attached hydrogens (tertiary/aromatic N) is 1. The van der Waals surface area contributed by atoms with E-state index in [0.717, 1.165) is 35.8 Å². The maximum atomic E-state index is 6.04. The maximum absolute atomic E-state index is 6.04.